The summed E-state index contributed by atoms with van der Waals surface area (Å²) in [6.45, 7) is 5.63. The zero-order valence-corrected chi connectivity index (χ0v) is 12.0. The molecule has 1 unspecified atom stereocenters. The maximum atomic E-state index is 6.31. The van der Waals surface area contributed by atoms with Crippen molar-refractivity contribution in [3.8, 4) is 0 Å². The molecule has 102 valence electrons. The molecule has 19 heavy (non-hydrogen) atoms. The van der Waals surface area contributed by atoms with Crippen molar-refractivity contribution in [2.24, 2.45) is 0 Å². The van der Waals surface area contributed by atoms with Gasteiger partial charge in [0.2, 0.25) is 0 Å². The van der Waals surface area contributed by atoms with Gasteiger partial charge in [0.15, 0.2) is 5.65 Å². The number of fused-ring (bicyclic) bond motifs is 1. The highest BCUT2D eigenvalue weighted by molar-refractivity contribution is 6.20. The minimum Gasteiger partial charge on any atom is -0.381 e. The molecule has 0 amide bonds. The van der Waals surface area contributed by atoms with Crippen LogP contribution in [0, 0.1) is 6.92 Å². The number of halogens is 1. The molecule has 1 saturated heterocycles. The molecule has 0 spiro atoms. The highest BCUT2D eigenvalue weighted by Gasteiger charge is 2.24. The topological polar surface area (TPSA) is 39.9 Å². The number of aromatic nitrogens is 3. The molecule has 0 radical (unpaired) electrons. The van der Waals surface area contributed by atoms with Gasteiger partial charge in [-0.15, -0.1) is 11.6 Å². The molecule has 3 heterocycles. The van der Waals surface area contributed by atoms with Gasteiger partial charge in [0.05, 0.1) is 5.38 Å². The first-order chi connectivity index (χ1) is 9.18. The second-order valence-corrected chi connectivity index (χ2v) is 5.75. The van der Waals surface area contributed by atoms with Gasteiger partial charge in [-0.3, -0.25) is 0 Å². The fraction of sp³-hybridized carbons (Fsp3) is 0.571. The predicted molar refractivity (Wildman–Crippen MR) is 75.6 cm³/mol. The zero-order valence-electron chi connectivity index (χ0n) is 11.3. The lowest BCUT2D eigenvalue weighted by Gasteiger charge is -2.25. The van der Waals surface area contributed by atoms with E-state index in [1.807, 2.05) is 19.2 Å². The Morgan fingerprint density at radius 1 is 1.42 bits per heavy atom. The van der Waals surface area contributed by atoms with E-state index in [9.17, 15) is 0 Å². The molecule has 0 saturated carbocycles. The SMILES string of the molecule is Cc1ccnc2c1nc(C(C)Cl)n2C1CCOCC1. The Hall–Kier alpha value is -1.13. The Bertz CT molecular complexity index is 588. The highest BCUT2D eigenvalue weighted by Crippen LogP contribution is 2.32. The summed E-state index contributed by atoms with van der Waals surface area (Å²) < 4.78 is 7.67. The summed E-state index contributed by atoms with van der Waals surface area (Å²) in [6.07, 6.45) is 3.84. The van der Waals surface area contributed by atoms with Crippen molar-refractivity contribution >= 4 is 22.8 Å². The molecule has 2 aromatic rings. The van der Waals surface area contributed by atoms with Crippen LogP contribution in [0.3, 0.4) is 0 Å². The summed E-state index contributed by atoms with van der Waals surface area (Å²) in [5, 5.41) is -0.114. The van der Waals surface area contributed by atoms with E-state index in [-0.39, 0.29) is 5.38 Å². The highest BCUT2D eigenvalue weighted by atomic mass is 35.5. The molecular weight excluding hydrogens is 262 g/mol. The van der Waals surface area contributed by atoms with Gasteiger partial charge in [-0.25, -0.2) is 9.97 Å². The second kappa shape index (κ2) is 5.10. The summed E-state index contributed by atoms with van der Waals surface area (Å²) in [4.78, 5) is 9.24. The number of pyridine rings is 1. The van der Waals surface area contributed by atoms with Crippen molar-refractivity contribution in [3.05, 3.63) is 23.7 Å². The summed E-state index contributed by atoms with van der Waals surface area (Å²) >= 11 is 6.31. The van der Waals surface area contributed by atoms with Crippen LogP contribution < -0.4 is 0 Å². The van der Waals surface area contributed by atoms with Gasteiger partial charge >= 0.3 is 0 Å². The molecule has 1 aliphatic rings. The lowest BCUT2D eigenvalue weighted by atomic mass is 10.1. The van der Waals surface area contributed by atoms with E-state index in [0.29, 0.717) is 6.04 Å². The Kier molecular flexibility index (Phi) is 3.46. The van der Waals surface area contributed by atoms with E-state index in [0.717, 1.165) is 48.6 Å². The normalized spacial score (nSPS) is 18.9. The van der Waals surface area contributed by atoms with Crippen LogP contribution in [0.25, 0.3) is 11.2 Å². The summed E-state index contributed by atoms with van der Waals surface area (Å²) in [7, 11) is 0. The molecule has 3 rings (SSSR count). The van der Waals surface area contributed by atoms with Crippen LogP contribution in [0.15, 0.2) is 12.3 Å². The lowest BCUT2D eigenvalue weighted by Crippen LogP contribution is -2.21. The standard InChI is InChI=1S/C14H18ClN3O/c1-9-3-6-16-14-12(9)17-13(10(2)15)18(14)11-4-7-19-8-5-11/h3,6,10-11H,4-5,7-8H2,1-2H3. The molecule has 4 nitrogen and oxygen atoms in total. The zero-order chi connectivity index (χ0) is 13.4. The summed E-state index contributed by atoms with van der Waals surface area (Å²) in [5.41, 5.74) is 3.07. The number of hydrogen-bond donors (Lipinski definition) is 0. The third-order valence-electron chi connectivity index (χ3n) is 3.72. The molecular formula is C14H18ClN3O. The number of imidazole rings is 1. The molecule has 5 heteroatoms. The number of alkyl halides is 1. The van der Waals surface area contributed by atoms with Crippen LogP contribution in [0.5, 0.6) is 0 Å². The predicted octanol–water partition coefficient (Wildman–Crippen LogP) is 3.39. The van der Waals surface area contributed by atoms with Gasteiger partial charge < -0.3 is 9.30 Å². The van der Waals surface area contributed by atoms with E-state index in [2.05, 4.69) is 16.5 Å². The van der Waals surface area contributed by atoms with E-state index < -0.39 is 0 Å². The molecule has 1 fully saturated rings. The first kappa shape index (κ1) is 12.9. The Labute approximate surface area is 117 Å². The monoisotopic (exact) mass is 279 g/mol. The van der Waals surface area contributed by atoms with Gasteiger partial charge in [0, 0.05) is 25.5 Å². The van der Waals surface area contributed by atoms with E-state index in [4.69, 9.17) is 21.3 Å². The van der Waals surface area contributed by atoms with Gasteiger partial charge in [-0.1, -0.05) is 0 Å². The van der Waals surface area contributed by atoms with Crippen LogP contribution in [0.2, 0.25) is 0 Å². The number of nitrogens with zero attached hydrogens (tertiary/aromatic N) is 3. The van der Waals surface area contributed by atoms with Crippen LogP contribution >= 0.6 is 11.6 Å². The van der Waals surface area contributed by atoms with Crippen LogP contribution in [-0.4, -0.2) is 27.7 Å². The van der Waals surface area contributed by atoms with Crippen molar-refractivity contribution in [2.45, 2.75) is 38.1 Å². The number of rotatable bonds is 2. The molecule has 2 aromatic heterocycles. The average molecular weight is 280 g/mol. The van der Waals surface area contributed by atoms with E-state index in [1.54, 1.807) is 0 Å². The molecule has 0 N–H and O–H groups in total. The average Bonchev–Trinajstić information content (AvgIpc) is 2.81. The number of hydrogen-bond acceptors (Lipinski definition) is 3. The van der Waals surface area contributed by atoms with Gasteiger partial charge in [-0.05, 0) is 38.3 Å². The first-order valence-electron chi connectivity index (χ1n) is 6.73. The minimum atomic E-state index is -0.114. The second-order valence-electron chi connectivity index (χ2n) is 5.10. The Morgan fingerprint density at radius 2 is 2.16 bits per heavy atom. The maximum absolute atomic E-state index is 6.31. The van der Waals surface area contributed by atoms with Gasteiger partial charge in [0.1, 0.15) is 11.3 Å². The third-order valence-corrected chi connectivity index (χ3v) is 3.91. The van der Waals surface area contributed by atoms with E-state index >= 15 is 0 Å². The fourth-order valence-electron chi connectivity index (χ4n) is 2.71. The Morgan fingerprint density at radius 3 is 2.84 bits per heavy atom. The van der Waals surface area contributed by atoms with E-state index in [1.165, 1.54) is 0 Å². The summed E-state index contributed by atoms with van der Waals surface area (Å²) in [6, 6.07) is 2.39. The number of ether oxygens (including phenoxy) is 1. The largest absolute Gasteiger partial charge is 0.381 e. The maximum Gasteiger partial charge on any atom is 0.160 e. The summed E-state index contributed by atoms with van der Waals surface area (Å²) in [5.74, 6) is 0.922. The van der Waals surface area contributed by atoms with Crippen molar-refractivity contribution in [1.29, 1.82) is 0 Å². The molecule has 0 aromatic carbocycles. The van der Waals surface area contributed by atoms with Gasteiger partial charge in [0.25, 0.3) is 0 Å². The lowest BCUT2D eigenvalue weighted by molar-refractivity contribution is 0.0697. The van der Waals surface area contributed by atoms with Crippen molar-refractivity contribution in [3.63, 3.8) is 0 Å². The Balaban J connectivity index is 2.18. The van der Waals surface area contributed by atoms with Crippen LogP contribution in [0.4, 0.5) is 0 Å². The molecule has 1 atom stereocenters. The van der Waals surface area contributed by atoms with Crippen LogP contribution in [0.1, 0.15) is 42.6 Å². The van der Waals surface area contributed by atoms with Crippen molar-refractivity contribution < 1.29 is 4.74 Å². The first-order valence-corrected chi connectivity index (χ1v) is 7.17. The van der Waals surface area contributed by atoms with Crippen molar-refractivity contribution in [2.75, 3.05) is 13.2 Å². The smallest absolute Gasteiger partial charge is 0.160 e. The number of aryl methyl sites for hydroxylation is 1. The fourth-order valence-corrected chi connectivity index (χ4v) is 2.87. The van der Waals surface area contributed by atoms with Crippen LogP contribution in [-0.2, 0) is 4.74 Å². The molecule has 1 aliphatic heterocycles. The molecule has 0 bridgehead atoms. The minimum absolute atomic E-state index is 0.114. The quantitative estimate of drug-likeness (QED) is 0.791. The molecule has 0 aliphatic carbocycles. The third kappa shape index (κ3) is 2.23. The van der Waals surface area contributed by atoms with Gasteiger partial charge in [-0.2, -0.15) is 0 Å². The van der Waals surface area contributed by atoms with Crippen molar-refractivity contribution in [1.82, 2.24) is 14.5 Å².